The molecule has 1 unspecified atom stereocenters. The Morgan fingerprint density at radius 2 is 1.94 bits per heavy atom. The van der Waals surface area contributed by atoms with Gasteiger partial charge in [0.05, 0.1) is 11.3 Å². The normalized spacial score (nSPS) is 12.1. The molecule has 2 N–H and O–H groups in total. The average molecular weight is 458 g/mol. The van der Waals surface area contributed by atoms with Gasteiger partial charge in [-0.15, -0.1) is 0 Å². The van der Waals surface area contributed by atoms with Crippen molar-refractivity contribution in [2.45, 2.75) is 13.3 Å². The number of hydrogen-bond donors (Lipinski definition) is 2. The molecule has 164 valence electrons. The van der Waals surface area contributed by atoms with Crippen LogP contribution in [0.5, 0.6) is 0 Å². The molecular formula is C22H17F3N4O2S. The average Bonchev–Trinajstić information content (AvgIpc) is 3.19. The first-order valence-electron chi connectivity index (χ1n) is 9.65. The first-order valence-corrected chi connectivity index (χ1v) is 11.0. The summed E-state index contributed by atoms with van der Waals surface area (Å²) in [6.45, 7) is 1.81. The summed E-state index contributed by atoms with van der Waals surface area (Å²) in [5.74, 6) is -3.49. The van der Waals surface area contributed by atoms with Gasteiger partial charge >= 0.3 is 0 Å². The Bertz CT molecular complexity index is 1360. The molecule has 3 heterocycles. The molecule has 0 aliphatic carbocycles. The van der Waals surface area contributed by atoms with Crippen molar-refractivity contribution in [1.82, 2.24) is 15.0 Å². The SMILES string of the molecule is CCCS(=O)Nc1ccc(F)c(C(=O)c2c[nH]c3ncc(-c4ccnc(F)c4)cc23)c1F. The number of nitrogens with one attached hydrogen (secondary N) is 2. The summed E-state index contributed by atoms with van der Waals surface area (Å²) < 4.78 is 57.4. The van der Waals surface area contributed by atoms with Crippen LogP contribution in [0, 0.1) is 17.6 Å². The van der Waals surface area contributed by atoms with Crippen LogP contribution < -0.4 is 4.72 Å². The van der Waals surface area contributed by atoms with Crippen LogP contribution in [0.25, 0.3) is 22.2 Å². The van der Waals surface area contributed by atoms with Gasteiger partial charge in [-0.05, 0) is 36.2 Å². The number of rotatable bonds is 7. The van der Waals surface area contributed by atoms with Crippen molar-refractivity contribution in [3.05, 3.63) is 77.6 Å². The lowest BCUT2D eigenvalue weighted by Gasteiger charge is -2.10. The van der Waals surface area contributed by atoms with Gasteiger partial charge in [0.1, 0.15) is 22.5 Å². The highest BCUT2D eigenvalue weighted by atomic mass is 32.2. The molecule has 0 aliphatic heterocycles. The summed E-state index contributed by atoms with van der Waals surface area (Å²) in [7, 11) is -1.57. The van der Waals surface area contributed by atoms with E-state index < -0.39 is 39.9 Å². The molecule has 32 heavy (non-hydrogen) atoms. The Hall–Kier alpha value is -3.53. The first-order chi connectivity index (χ1) is 15.4. The molecule has 3 aromatic heterocycles. The van der Waals surface area contributed by atoms with Crippen molar-refractivity contribution in [2.75, 3.05) is 10.5 Å². The number of ketones is 1. The van der Waals surface area contributed by atoms with Crippen LogP contribution in [-0.2, 0) is 11.0 Å². The van der Waals surface area contributed by atoms with E-state index in [0.717, 1.165) is 12.1 Å². The number of H-pyrrole nitrogens is 1. The maximum atomic E-state index is 15.0. The molecule has 10 heteroatoms. The molecule has 0 spiro atoms. The molecule has 0 saturated carbocycles. The number of nitrogens with zero attached hydrogens (tertiary/aromatic N) is 2. The third kappa shape index (κ3) is 4.13. The lowest BCUT2D eigenvalue weighted by atomic mass is 10.00. The van der Waals surface area contributed by atoms with Gasteiger partial charge in [-0.2, -0.15) is 4.39 Å². The zero-order valence-electron chi connectivity index (χ0n) is 16.8. The van der Waals surface area contributed by atoms with E-state index in [1.807, 2.05) is 6.92 Å². The minimum Gasteiger partial charge on any atom is -0.345 e. The maximum Gasteiger partial charge on any atom is 0.213 e. The number of aromatic nitrogens is 3. The number of fused-ring (bicyclic) bond motifs is 1. The van der Waals surface area contributed by atoms with Crippen LogP contribution in [0.4, 0.5) is 18.9 Å². The van der Waals surface area contributed by atoms with Gasteiger partial charge in [-0.25, -0.2) is 23.0 Å². The summed E-state index contributed by atoms with van der Waals surface area (Å²) in [5.41, 5.74) is 0.295. The minimum absolute atomic E-state index is 0.00601. The van der Waals surface area contributed by atoms with Crippen molar-refractivity contribution in [3.63, 3.8) is 0 Å². The number of hydrogen-bond acceptors (Lipinski definition) is 4. The molecule has 4 rings (SSSR count). The van der Waals surface area contributed by atoms with Crippen molar-refractivity contribution in [3.8, 4) is 11.1 Å². The fourth-order valence-electron chi connectivity index (χ4n) is 3.26. The third-order valence-electron chi connectivity index (χ3n) is 4.77. The van der Waals surface area contributed by atoms with Crippen LogP contribution in [0.1, 0.15) is 29.3 Å². The van der Waals surface area contributed by atoms with Crippen LogP contribution in [0.15, 0.2) is 48.9 Å². The summed E-state index contributed by atoms with van der Waals surface area (Å²) in [5, 5.41) is 0.316. The monoisotopic (exact) mass is 458 g/mol. The van der Waals surface area contributed by atoms with Crippen LogP contribution in [0.2, 0.25) is 0 Å². The van der Waals surface area contributed by atoms with Crippen LogP contribution in [-0.4, -0.2) is 30.7 Å². The second-order valence-electron chi connectivity index (χ2n) is 6.95. The van der Waals surface area contributed by atoms with E-state index in [-0.39, 0.29) is 17.0 Å². The van der Waals surface area contributed by atoms with Gasteiger partial charge in [-0.1, -0.05) is 6.92 Å². The van der Waals surface area contributed by atoms with E-state index in [2.05, 4.69) is 19.7 Å². The molecular weight excluding hydrogens is 441 g/mol. The summed E-state index contributed by atoms with van der Waals surface area (Å²) >= 11 is 0. The fourth-order valence-corrected chi connectivity index (χ4v) is 4.14. The van der Waals surface area contributed by atoms with Crippen LogP contribution in [0.3, 0.4) is 0 Å². The first kappa shape index (κ1) is 21.7. The van der Waals surface area contributed by atoms with E-state index in [9.17, 15) is 17.8 Å². The zero-order valence-corrected chi connectivity index (χ0v) is 17.6. The van der Waals surface area contributed by atoms with E-state index in [1.165, 1.54) is 24.7 Å². The van der Waals surface area contributed by atoms with Gasteiger partial charge in [0.15, 0.2) is 5.82 Å². The predicted molar refractivity (Wildman–Crippen MR) is 116 cm³/mol. The Morgan fingerprint density at radius 1 is 1.12 bits per heavy atom. The van der Waals surface area contributed by atoms with E-state index in [0.29, 0.717) is 28.6 Å². The second kappa shape index (κ2) is 8.91. The fraction of sp³-hybridized carbons (Fsp3) is 0.136. The highest BCUT2D eigenvalue weighted by Gasteiger charge is 2.25. The quantitative estimate of drug-likeness (QED) is 0.309. The summed E-state index contributed by atoms with van der Waals surface area (Å²) in [6.07, 6.45) is 4.69. The summed E-state index contributed by atoms with van der Waals surface area (Å²) in [4.78, 5) is 23.7. The number of aromatic amines is 1. The number of carbonyl (C=O) groups excluding carboxylic acids is 1. The van der Waals surface area contributed by atoms with Gasteiger partial charge in [0.2, 0.25) is 11.7 Å². The molecule has 1 atom stereocenters. The van der Waals surface area contributed by atoms with E-state index in [1.54, 1.807) is 12.1 Å². The van der Waals surface area contributed by atoms with Gasteiger partial charge in [0.25, 0.3) is 0 Å². The Labute approximate surface area is 183 Å². The lowest BCUT2D eigenvalue weighted by Crippen LogP contribution is -2.13. The topological polar surface area (TPSA) is 87.7 Å². The third-order valence-corrected chi connectivity index (χ3v) is 5.99. The maximum absolute atomic E-state index is 15.0. The Morgan fingerprint density at radius 3 is 2.69 bits per heavy atom. The molecule has 1 aromatic carbocycles. The van der Waals surface area contributed by atoms with Crippen molar-refractivity contribution in [2.24, 2.45) is 0 Å². The lowest BCUT2D eigenvalue weighted by molar-refractivity contribution is 0.103. The highest BCUT2D eigenvalue weighted by molar-refractivity contribution is 7.86. The van der Waals surface area contributed by atoms with Crippen molar-refractivity contribution >= 4 is 33.5 Å². The van der Waals surface area contributed by atoms with Crippen molar-refractivity contribution in [1.29, 1.82) is 0 Å². The predicted octanol–water partition coefficient (Wildman–Crippen LogP) is 4.76. The smallest absolute Gasteiger partial charge is 0.213 e. The van der Waals surface area contributed by atoms with Gasteiger partial charge in [0, 0.05) is 46.9 Å². The van der Waals surface area contributed by atoms with Crippen LogP contribution >= 0.6 is 0 Å². The molecule has 0 amide bonds. The molecule has 0 aliphatic rings. The standard InChI is InChI=1S/C22H17F3N4O2S/c1-2-7-32(31)29-17-4-3-16(23)19(20(17)25)21(30)15-11-28-22-14(15)8-13(10-27-22)12-5-6-26-18(24)9-12/h3-6,8-11,29H,2,7H2,1H3,(H,27,28). The van der Waals surface area contributed by atoms with Crippen molar-refractivity contribution < 1.29 is 22.2 Å². The molecule has 6 nitrogen and oxygen atoms in total. The molecule has 0 fully saturated rings. The minimum atomic E-state index is -1.57. The Kier molecular flexibility index (Phi) is 6.04. The number of halogens is 3. The van der Waals surface area contributed by atoms with E-state index in [4.69, 9.17) is 0 Å². The summed E-state index contributed by atoms with van der Waals surface area (Å²) in [6, 6.07) is 6.41. The number of carbonyl (C=O) groups is 1. The Balaban J connectivity index is 1.77. The molecule has 0 bridgehead atoms. The molecule has 0 radical (unpaired) electrons. The number of benzene rings is 1. The van der Waals surface area contributed by atoms with Gasteiger partial charge in [-0.3, -0.25) is 4.79 Å². The number of pyridine rings is 2. The van der Waals surface area contributed by atoms with Gasteiger partial charge < -0.3 is 9.71 Å². The molecule has 4 aromatic rings. The molecule has 0 saturated heterocycles. The second-order valence-corrected chi connectivity index (χ2v) is 8.26. The van der Waals surface area contributed by atoms with E-state index >= 15 is 4.39 Å². The number of anilines is 1. The largest absolute Gasteiger partial charge is 0.345 e. The highest BCUT2D eigenvalue weighted by Crippen LogP contribution is 2.29. The zero-order chi connectivity index (χ0) is 22.8.